The third-order valence-electron chi connectivity index (χ3n) is 3.49. The van der Waals surface area contributed by atoms with Crippen molar-refractivity contribution in [3.05, 3.63) is 0 Å². The first-order valence-corrected chi connectivity index (χ1v) is 6.28. The molecule has 0 heterocycles. The Bertz CT molecular complexity index is 240. The molecule has 0 amide bonds. The van der Waals surface area contributed by atoms with E-state index in [1.807, 2.05) is 0 Å². The molecule has 3 heteroatoms. The van der Waals surface area contributed by atoms with Crippen LogP contribution in [-0.2, 0) is 14.3 Å². The lowest BCUT2D eigenvalue weighted by Crippen LogP contribution is -2.29. The van der Waals surface area contributed by atoms with Crippen LogP contribution in [0.3, 0.4) is 0 Å². The lowest BCUT2D eigenvalue weighted by molar-refractivity contribution is -0.149. The van der Waals surface area contributed by atoms with E-state index in [1.54, 1.807) is 6.92 Å². The first-order chi connectivity index (χ1) is 7.66. The smallest absolute Gasteiger partial charge is 0.315 e. The second kappa shape index (κ2) is 6.66. The fourth-order valence-electron chi connectivity index (χ4n) is 2.39. The Kier molecular flexibility index (Phi) is 5.50. The van der Waals surface area contributed by atoms with Crippen molar-refractivity contribution in [2.24, 2.45) is 11.8 Å². The summed E-state index contributed by atoms with van der Waals surface area (Å²) in [4.78, 5) is 23.4. The van der Waals surface area contributed by atoms with Gasteiger partial charge in [0.25, 0.3) is 0 Å². The van der Waals surface area contributed by atoms with Gasteiger partial charge in [-0.3, -0.25) is 9.59 Å². The van der Waals surface area contributed by atoms with Crippen molar-refractivity contribution in [2.75, 3.05) is 7.11 Å². The van der Waals surface area contributed by atoms with E-state index in [4.69, 9.17) is 0 Å². The summed E-state index contributed by atoms with van der Waals surface area (Å²) in [5.74, 6) is -0.829. The van der Waals surface area contributed by atoms with E-state index < -0.39 is 11.9 Å². The number of methoxy groups -OCH3 is 1. The summed E-state index contributed by atoms with van der Waals surface area (Å²) >= 11 is 0. The first kappa shape index (κ1) is 13.2. The molecule has 3 nitrogen and oxygen atoms in total. The largest absolute Gasteiger partial charge is 0.468 e. The zero-order valence-electron chi connectivity index (χ0n) is 10.3. The van der Waals surface area contributed by atoms with Crippen LogP contribution in [0.2, 0.25) is 0 Å². The van der Waals surface area contributed by atoms with Crippen molar-refractivity contribution < 1.29 is 14.3 Å². The predicted octanol–water partition coefficient (Wildman–Crippen LogP) is 2.73. The quantitative estimate of drug-likeness (QED) is 0.549. The van der Waals surface area contributed by atoms with E-state index in [0.29, 0.717) is 0 Å². The summed E-state index contributed by atoms with van der Waals surface area (Å²) in [6.07, 6.45) is 7.84. The third-order valence-corrected chi connectivity index (χ3v) is 3.49. The van der Waals surface area contributed by atoms with Gasteiger partial charge in [-0.25, -0.2) is 0 Å². The average molecular weight is 226 g/mol. The lowest BCUT2D eigenvalue weighted by Gasteiger charge is -2.20. The monoisotopic (exact) mass is 226 g/mol. The average Bonchev–Trinajstić information content (AvgIpc) is 2.26. The summed E-state index contributed by atoms with van der Waals surface area (Å²) in [7, 11) is 1.34. The summed E-state index contributed by atoms with van der Waals surface area (Å²) in [5, 5.41) is 0. The molecule has 1 aliphatic rings. The minimum absolute atomic E-state index is 0.0775. The standard InChI is InChI=1S/C13H22O3/c1-10(13(15)16-2)12(14)11-8-6-4-3-5-7-9-11/h10-11H,3-9H2,1-2H3. The van der Waals surface area contributed by atoms with Crippen LogP contribution in [0.1, 0.15) is 51.9 Å². The van der Waals surface area contributed by atoms with E-state index in [-0.39, 0.29) is 11.7 Å². The summed E-state index contributed by atoms with van der Waals surface area (Å²) in [5.41, 5.74) is 0. The molecule has 0 N–H and O–H groups in total. The molecule has 1 unspecified atom stereocenters. The van der Waals surface area contributed by atoms with Crippen LogP contribution in [0.5, 0.6) is 0 Å². The fourth-order valence-corrected chi connectivity index (χ4v) is 2.39. The lowest BCUT2D eigenvalue weighted by atomic mass is 9.84. The van der Waals surface area contributed by atoms with Crippen molar-refractivity contribution in [1.29, 1.82) is 0 Å². The highest BCUT2D eigenvalue weighted by Crippen LogP contribution is 2.25. The van der Waals surface area contributed by atoms with Gasteiger partial charge >= 0.3 is 5.97 Å². The van der Waals surface area contributed by atoms with E-state index >= 15 is 0 Å². The Labute approximate surface area is 97.5 Å². The van der Waals surface area contributed by atoms with Gasteiger partial charge in [-0.2, -0.15) is 0 Å². The molecule has 1 fully saturated rings. The van der Waals surface area contributed by atoms with Crippen LogP contribution in [0.15, 0.2) is 0 Å². The Hall–Kier alpha value is -0.860. The molecule has 0 aromatic carbocycles. The second-order valence-corrected chi connectivity index (χ2v) is 4.69. The maximum absolute atomic E-state index is 12.1. The zero-order valence-corrected chi connectivity index (χ0v) is 10.3. The van der Waals surface area contributed by atoms with Gasteiger partial charge in [-0.1, -0.05) is 32.1 Å². The zero-order chi connectivity index (χ0) is 12.0. The van der Waals surface area contributed by atoms with Gasteiger partial charge in [0.2, 0.25) is 0 Å². The minimum Gasteiger partial charge on any atom is -0.468 e. The summed E-state index contributed by atoms with van der Waals surface area (Å²) in [6, 6.07) is 0. The molecule has 1 saturated carbocycles. The number of carbonyl (C=O) groups excluding carboxylic acids is 2. The number of ether oxygens (including phenoxy) is 1. The topological polar surface area (TPSA) is 43.4 Å². The second-order valence-electron chi connectivity index (χ2n) is 4.69. The summed E-state index contributed by atoms with van der Waals surface area (Å²) < 4.78 is 4.62. The Balaban J connectivity index is 2.52. The molecule has 0 bridgehead atoms. The Morgan fingerprint density at radius 1 is 1.06 bits per heavy atom. The molecule has 0 aromatic heterocycles. The van der Waals surface area contributed by atoms with Crippen LogP contribution >= 0.6 is 0 Å². The SMILES string of the molecule is COC(=O)C(C)C(=O)C1CCCCCCC1. The number of esters is 1. The Morgan fingerprint density at radius 3 is 2.06 bits per heavy atom. The minimum atomic E-state index is -0.588. The van der Waals surface area contributed by atoms with Gasteiger partial charge in [0.15, 0.2) is 0 Å². The molecule has 1 aliphatic carbocycles. The molecule has 1 rings (SSSR count). The maximum Gasteiger partial charge on any atom is 0.315 e. The van der Waals surface area contributed by atoms with E-state index in [9.17, 15) is 9.59 Å². The highest BCUT2D eigenvalue weighted by molar-refractivity contribution is 5.99. The van der Waals surface area contributed by atoms with Crippen LogP contribution < -0.4 is 0 Å². The van der Waals surface area contributed by atoms with Gasteiger partial charge < -0.3 is 4.74 Å². The van der Waals surface area contributed by atoms with Crippen LogP contribution in [0, 0.1) is 11.8 Å². The molecule has 0 saturated heterocycles. The number of ketones is 1. The van der Waals surface area contributed by atoms with Gasteiger partial charge in [0, 0.05) is 5.92 Å². The van der Waals surface area contributed by atoms with Gasteiger partial charge in [-0.05, 0) is 19.8 Å². The molecule has 16 heavy (non-hydrogen) atoms. The number of hydrogen-bond acceptors (Lipinski definition) is 3. The highest BCUT2D eigenvalue weighted by Gasteiger charge is 2.29. The van der Waals surface area contributed by atoms with Gasteiger partial charge in [-0.15, -0.1) is 0 Å². The predicted molar refractivity (Wildman–Crippen MR) is 62.0 cm³/mol. The Morgan fingerprint density at radius 2 is 1.56 bits per heavy atom. The van der Waals surface area contributed by atoms with Crippen LogP contribution in [0.4, 0.5) is 0 Å². The molecular formula is C13H22O3. The van der Waals surface area contributed by atoms with Crippen molar-refractivity contribution in [3.63, 3.8) is 0 Å². The van der Waals surface area contributed by atoms with Gasteiger partial charge in [0.05, 0.1) is 7.11 Å². The van der Waals surface area contributed by atoms with Gasteiger partial charge in [0.1, 0.15) is 11.7 Å². The maximum atomic E-state index is 12.1. The number of rotatable bonds is 3. The van der Waals surface area contributed by atoms with E-state index in [2.05, 4.69) is 4.74 Å². The molecule has 0 aromatic rings. The highest BCUT2D eigenvalue weighted by atomic mass is 16.5. The number of hydrogen-bond donors (Lipinski definition) is 0. The molecule has 0 spiro atoms. The first-order valence-electron chi connectivity index (χ1n) is 6.28. The van der Waals surface area contributed by atoms with E-state index in [1.165, 1.54) is 26.4 Å². The van der Waals surface area contributed by atoms with Crippen LogP contribution in [-0.4, -0.2) is 18.9 Å². The van der Waals surface area contributed by atoms with Crippen molar-refractivity contribution in [1.82, 2.24) is 0 Å². The fraction of sp³-hybridized carbons (Fsp3) is 0.846. The van der Waals surface area contributed by atoms with Crippen LogP contribution in [0.25, 0.3) is 0 Å². The molecule has 92 valence electrons. The number of Topliss-reactive ketones (excluding diaryl/α,β-unsaturated/α-hetero) is 1. The van der Waals surface area contributed by atoms with Crippen molar-refractivity contribution >= 4 is 11.8 Å². The third kappa shape index (κ3) is 3.62. The van der Waals surface area contributed by atoms with Crippen molar-refractivity contribution in [2.45, 2.75) is 51.9 Å². The molecule has 0 aliphatic heterocycles. The molecule has 0 radical (unpaired) electrons. The van der Waals surface area contributed by atoms with E-state index in [0.717, 1.165) is 25.7 Å². The number of carbonyl (C=O) groups is 2. The summed E-state index contributed by atoms with van der Waals surface area (Å²) in [6.45, 7) is 1.66. The molecule has 1 atom stereocenters. The normalized spacial score (nSPS) is 20.6. The molecular weight excluding hydrogens is 204 g/mol. The van der Waals surface area contributed by atoms with Crippen molar-refractivity contribution in [3.8, 4) is 0 Å².